The molecule has 0 radical (unpaired) electrons. The number of carbonyl (C=O) groups excluding carboxylic acids is 2. The molecule has 0 bridgehead atoms. The van der Waals surface area contributed by atoms with Crippen LogP contribution in [0.15, 0.2) is 30.3 Å². The van der Waals surface area contributed by atoms with E-state index in [1.54, 1.807) is 13.0 Å². The fraction of sp³-hybridized carbons (Fsp3) is 0.350. The molecule has 1 saturated carbocycles. The second-order valence-electron chi connectivity index (χ2n) is 7.03. The Balaban J connectivity index is 1.51. The molecule has 6 nitrogen and oxygen atoms in total. The van der Waals surface area contributed by atoms with Crippen molar-refractivity contribution in [3.05, 3.63) is 51.5 Å². The molecule has 0 aliphatic heterocycles. The summed E-state index contributed by atoms with van der Waals surface area (Å²) < 4.78 is 7.23. The second kappa shape index (κ2) is 7.56. The minimum Gasteiger partial charge on any atom is -0.448 e. The standard InChI is InChI=1S/C20H20ClN3O3S/c1-11-16-9-17(20(26)27-12(2)18(25)22-15-7-8-15)28-19(16)24(23-11)10-13-3-5-14(21)6-4-13/h3-6,9,12,15H,7-8,10H2,1-2H3,(H,22,25)/t12-/m0/s1. The number of fused-ring (bicyclic) bond motifs is 1. The van der Waals surface area contributed by atoms with Crippen LogP contribution in [0.25, 0.3) is 10.2 Å². The third kappa shape index (κ3) is 4.05. The molecule has 146 valence electrons. The minimum atomic E-state index is -0.815. The summed E-state index contributed by atoms with van der Waals surface area (Å²) in [5.41, 5.74) is 1.91. The highest BCUT2D eigenvalue weighted by Gasteiger charge is 2.28. The number of nitrogens with zero attached hydrogens (tertiary/aromatic N) is 2. The van der Waals surface area contributed by atoms with E-state index in [9.17, 15) is 9.59 Å². The summed E-state index contributed by atoms with van der Waals surface area (Å²) in [5, 5.41) is 9.02. The fourth-order valence-electron chi connectivity index (χ4n) is 2.90. The number of carbonyl (C=O) groups is 2. The molecule has 2 aromatic heterocycles. The van der Waals surface area contributed by atoms with E-state index in [-0.39, 0.29) is 11.9 Å². The van der Waals surface area contributed by atoms with Gasteiger partial charge in [0.15, 0.2) is 6.10 Å². The molecule has 0 unspecified atom stereocenters. The highest BCUT2D eigenvalue weighted by molar-refractivity contribution is 7.20. The Kier molecular flexibility index (Phi) is 5.12. The van der Waals surface area contributed by atoms with Crippen molar-refractivity contribution in [3.8, 4) is 0 Å². The topological polar surface area (TPSA) is 73.2 Å². The summed E-state index contributed by atoms with van der Waals surface area (Å²) in [6, 6.07) is 9.61. The van der Waals surface area contributed by atoms with Crippen LogP contribution in [0.4, 0.5) is 0 Å². The van der Waals surface area contributed by atoms with Gasteiger partial charge in [0, 0.05) is 16.5 Å². The number of nitrogens with one attached hydrogen (secondary N) is 1. The summed E-state index contributed by atoms with van der Waals surface area (Å²) in [6.07, 6.45) is 1.17. The summed E-state index contributed by atoms with van der Waals surface area (Å²) in [7, 11) is 0. The second-order valence-corrected chi connectivity index (χ2v) is 8.50. The minimum absolute atomic E-state index is 0.236. The van der Waals surface area contributed by atoms with E-state index in [4.69, 9.17) is 16.3 Å². The Morgan fingerprint density at radius 2 is 2.07 bits per heavy atom. The maximum atomic E-state index is 12.5. The predicted octanol–water partition coefficient (Wildman–Crippen LogP) is 3.93. The molecule has 1 N–H and O–H groups in total. The number of hydrogen-bond donors (Lipinski definition) is 1. The number of ether oxygens (including phenoxy) is 1. The number of thiophene rings is 1. The van der Waals surface area contributed by atoms with Crippen LogP contribution in [0.5, 0.6) is 0 Å². The van der Waals surface area contributed by atoms with Gasteiger partial charge in [0.2, 0.25) is 0 Å². The van der Waals surface area contributed by atoms with E-state index in [1.165, 1.54) is 11.3 Å². The lowest BCUT2D eigenvalue weighted by Gasteiger charge is -2.12. The molecular formula is C20H20ClN3O3S. The lowest BCUT2D eigenvalue weighted by atomic mass is 10.2. The zero-order chi connectivity index (χ0) is 19.8. The molecule has 28 heavy (non-hydrogen) atoms. The average Bonchev–Trinajstić information content (AvgIpc) is 3.27. The van der Waals surface area contributed by atoms with Crippen molar-refractivity contribution < 1.29 is 14.3 Å². The number of amides is 1. The van der Waals surface area contributed by atoms with E-state index in [1.807, 2.05) is 35.9 Å². The molecule has 1 aliphatic rings. The predicted molar refractivity (Wildman–Crippen MR) is 109 cm³/mol. The van der Waals surface area contributed by atoms with E-state index in [0.29, 0.717) is 16.4 Å². The van der Waals surface area contributed by atoms with Gasteiger partial charge in [-0.15, -0.1) is 11.3 Å². The van der Waals surface area contributed by atoms with Gasteiger partial charge in [0.25, 0.3) is 5.91 Å². The first-order valence-electron chi connectivity index (χ1n) is 9.13. The third-order valence-electron chi connectivity index (χ3n) is 4.63. The summed E-state index contributed by atoms with van der Waals surface area (Å²) in [4.78, 5) is 25.9. The van der Waals surface area contributed by atoms with Crippen LogP contribution in [0, 0.1) is 6.92 Å². The van der Waals surface area contributed by atoms with Gasteiger partial charge in [-0.05, 0) is 50.5 Å². The molecule has 8 heteroatoms. The fourth-order valence-corrected chi connectivity index (χ4v) is 4.07. The molecule has 1 aliphatic carbocycles. The van der Waals surface area contributed by atoms with Gasteiger partial charge >= 0.3 is 5.97 Å². The van der Waals surface area contributed by atoms with Crippen LogP contribution in [-0.2, 0) is 16.1 Å². The smallest absolute Gasteiger partial charge is 0.349 e. The normalized spacial score (nSPS) is 14.8. The molecule has 1 atom stereocenters. The average molecular weight is 418 g/mol. The number of rotatable bonds is 6. The van der Waals surface area contributed by atoms with Crippen molar-refractivity contribution in [2.24, 2.45) is 0 Å². The van der Waals surface area contributed by atoms with Crippen molar-refractivity contribution in [1.82, 2.24) is 15.1 Å². The highest BCUT2D eigenvalue weighted by Crippen LogP contribution is 2.30. The Morgan fingerprint density at radius 1 is 1.36 bits per heavy atom. The molecule has 1 fully saturated rings. The first-order chi connectivity index (χ1) is 13.4. The van der Waals surface area contributed by atoms with E-state index in [2.05, 4.69) is 10.4 Å². The zero-order valence-corrected chi connectivity index (χ0v) is 17.1. The summed E-state index contributed by atoms with van der Waals surface area (Å²) in [6.45, 7) is 4.08. The largest absolute Gasteiger partial charge is 0.448 e. The number of aryl methyl sites for hydroxylation is 1. The Morgan fingerprint density at radius 3 is 2.75 bits per heavy atom. The molecule has 0 spiro atoms. The number of aromatic nitrogens is 2. The first kappa shape index (κ1) is 19.0. The van der Waals surface area contributed by atoms with Gasteiger partial charge in [0.05, 0.1) is 12.2 Å². The Labute approximate surface area is 171 Å². The maximum absolute atomic E-state index is 12.5. The van der Waals surface area contributed by atoms with Crippen LogP contribution in [0.3, 0.4) is 0 Å². The van der Waals surface area contributed by atoms with Gasteiger partial charge in [-0.2, -0.15) is 5.10 Å². The zero-order valence-electron chi connectivity index (χ0n) is 15.6. The van der Waals surface area contributed by atoms with Crippen LogP contribution in [0.1, 0.15) is 40.7 Å². The van der Waals surface area contributed by atoms with E-state index in [0.717, 1.165) is 34.3 Å². The number of halogens is 1. The third-order valence-corrected chi connectivity index (χ3v) is 6.01. The van der Waals surface area contributed by atoms with Crippen LogP contribution in [-0.4, -0.2) is 33.8 Å². The lowest BCUT2D eigenvalue weighted by molar-refractivity contribution is -0.129. The van der Waals surface area contributed by atoms with Crippen molar-refractivity contribution in [1.29, 1.82) is 0 Å². The van der Waals surface area contributed by atoms with E-state index >= 15 is 0 Å². The molecule has 1 aromatic carbocycles. The van der Waals surface area contributed by atoms with Gasteiger partial charge in [-0.25, -0.2) is 4.79 Å². The van der Waals surface area contributed by atoms with E-state index < -0.39 is 12.1 Å². The molecule has 2 heterocycles. The first-order valence-corrected chi connectivity index (χ1v) is 10.3. The Hall–Kier alpha value is -2.38. The van der Waals surface area contributed by atoms with Crippen LogP contribution >= 0.6 is 22.9 Å². The Bertz CT molecular complexity index is 1040. The number of esters is 1. The van der Waals surface area contributed by atoms with Gasteiger partial charge in [-0.1, -0.05) is 23.7 Å². The van der Waals surface area contributed by atoms with Crippen molar-refractivity contribution >= 4 is 45.0 Å². The molecular weight excluding hydrogens is 398 g/mol. The summed E-state index contributed by atoms with van der Waals surface area (Å²) in [5.74, 6) is -0.737. The lowest BCUT2D eigenvalue weighted by Crippen LogP contribution is -2.36. The van der Waals surface area contributed by atoms with Crippen molar-refractivity contribution in [2.75, 3.05) is 0 Å². The van der Waals surface area contributed by atoms with Gasteiger partial charge in [0.1, 0.15) is 9.71 Å². The van der Waals surface area contributed by atoms with Crippen LogP contribution < -0.4 is 5.32 Å². The molecule has 1 amide bonds. The monoisotopic (exact) mass is 417 g/mol. The van der Waals surface area contributed by atoms with Crippen molar-refractivity contribution in [3.63, 3.8) is 0 Å². The molecule has 3 aromatic rings. The summed E-state index contributed by atoms with van der Waals surface area (Å²) >= 11 is 7.27. The van der Waals surface area contributed by atoms with Gasteiger partial charge in [-0.3, -0.25) is 9.48 Å². The van der Waals surface area contributed by atoms with Crippen LogP contribution in [0.2, 0.25) is 5.02 Å². The van der Waals surface area contributed by atoms with Gasteiger partial charge < -0.3 is 10.1 Å². The highest BCUT2D eigenvalue weighted by atomic mass is 35.5. The van der Waals surface area contributed by atoms with Crippen molar-refractivity contribution in [2.45, 2.75) is 45.4 Å². The molecule has 0 saturated heterocycles. The number of benzene rings is 1. The number of hydrogen-bond acceptors (Lipinski definition) is 5. The molecule has 4 rings (SSSR count). The quantitative estimate of drug-likeness (QED) is 0.616. The maximum Gasteiger partial charge on any atom is 0.349 e. The SMILES string of the molecule is Cc1nn(Cc2ccc(Cl)cc2)c2sc(C(=O)O[C@@H](C)C(=O)NC3CC3)cc12.